The fourth-order valence-electron chi connectivity index (χ4n) is 4.07. The van der Waals surface area contributed by atoms with Crippen molar-refractivity contribution in [2.75, 3.05) is 36.5 Å². The quantitative estimate of drug-likeness (QED) is 0.573. The lowest BCUT2D eigenvalue weighted by atomic mass is 10.0. The number of hydrogen-bond donors (Lipinski definition) is 1. The molecule has 158 valence electrons. The summed E-state index contributed by atoms with van der Waals surface area (Å²) in [6, 6.07) is 13.3. The number of hydrogen-bond acceptors (Lipinski definition) is 6. The molecule has 2 saturated heterocycles. The van der Waals surface area contributed by atoms with Crippen LogP contribution in [0.5, 0.6) is 0 Å². The molecule has 0 saturated carbocycles. The van der Waals surface area contributed by atoms with Crippen LogP contribution in [-0.2, 0) is 11.3 Å². The highest BCUT2D eigenvalue weighted by Gasteiger charge is 2.29. The van der Waals surface area contributed by atoms with Crippen LogP contribution in [0.25, 0.3) is 0 Å². The molecule has 2 aliphatic rings. The third-order valence-electron chi connectivity index (χ3n) is 5.85. The number of non-ortho nitro benzene ring substituents is 1. The second-order valence-corrected chi connectivity index (χ2v) is 7.85. The summed E-state index contributed by atoms with van der Waals surface area (Å²) in [4.78, 5) is 26.7. The number of likely N-dealkylation sites (tertiary alicyclic amines) is 1. The zero-order valence-corrected chi connectivity index (χ0v) is 17.0. The molecular weight excluding hydrogens is 384 g/mol. The molecule has 0 unspecified atom stereocenters. The molecule has 2 heterocycles. The molecule has 2 fully saturated rings. The van der Waals surface area contributed by atoms with Crippen molar-refractivity contribution in [3.8, 4) is 0 Å². The second-order valence-electron chi connectivity index (χ2n) is 7.85. The Hall–Kier alpha value is -3.13. The van der Waals surface area contributed by atoms with Gasteiger partial charge in [0.05, 0.1) is 22.8 Å². The van der Waals surface area contributed by atoms with Crippen molar-refractivity contribution in [3.63, 3.8) is 0 Å². The monoisotopic (exact) mass is 410 g/mol. The van der Waals surface area contributed by atoms with E-state index in [9.17, 15) is 14.9 Å². The number of nitrogens with one attached hydrogen (secondary N) is 1. The van der Waals surface area contributed by atoms with E-state index >= 15 is 0 Å². The maximum atomic E-state index is 12.0. The minimum atomic E-state index is -0.466. The first kappa shape index (κ1) is 20.2. The summed E-state index contributed by atoms with van der Waals surface area (Å²) < 4.78 is 5.03. The summed E-state index contributed by atoms with van der Waals surface area (Å²) in [5.74, 6) is 0. The van der Waals surface area contributed by atoms with Crippen LogP contribution in [0, 0.1) is 17.0 Å². The standard InChI is InChI=1S/C22H26N4O4/c1-16-4-2-3-5-17(16)15-24-10-8-18(9-11-24)23-20-7-6-19(26(28)29)14-21(20)25-12-13-30-22(25)27/h2-7,14,18,23H,8-13,15H2,1H3. The lowest BCUT2D eigenvalue weighted by Gasteiger charge is -2.33. The van der Waals surface area contributed by atoms with Gasteiger partial charge in [-0.3, -0.25) is 19.9 Å². The minimum absolute atomic E-state index is 0.0386. The van der Waals surface area contributed by atoms with Crippen molar-refractivity contribution in [3.05, 3.63) is 63.7 Å². The van der Waals surface area contributed by atoms with Gasteiger partial charge in [-0.1, -0.05) is 24.3 Å². The number of carbonyl (C=O) groups is 1. The number of nitro groups is 1. The molecule has 0 aromatic heterocycles. The molecule has 2 aromatic carbocycles. The van der Waals surface area contributed by atoms with Crippen LogP contribution in [0.3, 0.4) is 0 Å². The molecule has 0 bridgehead atoms. The molecule has 2 aromatic rings. The van der Waals surface area contributed by atoms with E-state index < -0.39 is 11.0 Å². The largest absolute Gasteiger partial charge is 0.447 e. The lowest BCUT2D eigenvalue weighted by Crippen LogP contribution is -2.39. The number of anilines is 2. The first-order valence-corrected chi connectivity index (χ1v) is 10.3. The van der Waals surface area contributed by atoms with Gasteiger partial charge in [0.25, 0.3) is 5.69 Å². The highest BCUT2D eigenvalue weighted by molar-refractivity contribution is 5.94. The van der Waals surface area contributed by atoms with Gasteiger partial charge in [-0.2, -0.15) is 0 Å². The predicted molar refractivity (Wildman–Crippen MR) is 115 cm³/mol. The van der Waals surface area contributed by atoms with Gasteiger partial charge in [0.2, 0.25) is 0 Å². The molecule has 30 heavy (non-hydrogen) atoms. The second kappa shape index (κ2) is 8.71. The molecule has 0 atom stereocenters. The van der Waals surface area contributed by atoms with E-state index in [1.165, 1.54) is 28.2 Å². The summed E-state index contributed by atoms with van der Waals surface area (Å²) in [5.41, 5.74) is 3.87. The van der Waals surface area contributed by atoms with Crippen LogP contribution in [0.1, 0.15) is 24.0 Å². The maximum absolute atomic E-state index is 12.0. The van der Waals surface area contributed by atoms with Crippen LogP contribution < -0.4 is 10.2 Å². The number of carbonyl (C=O) groups excluding carboxylic acids is 1. The number of benzene rings is 2. The summed E-state index contributed by atoms with van der Waals surface area (Å²) in [5, 5.41) is 14.7. The Morgan fingerprint density at radius 3 is 2.60 bits per heavy atom. The Kier molecular flexibility index (Phi) is 5.85. The van der Waals surface area contributed by atoms with E-state index in [2.05, 4.69) is 41.4 Å². The van der Waals surface area contributed by atoms with Crippen LogP contribution >= 0.6 is 0 Å². The normalized spacial score (nSPS) is 17.8. The summed E-state index contributed by atoms with van der Waals surface area (Å²) in [7, 11) is 0. The number of ether oxygens (including phenoxy) is 1. The van der Waals surface area contributed by atoms with Crippen molar-refractivity contribution >= 4 is 23.2 Å². The highest BCUT2D eigenvalue weighted by Crippen LogP contribution is 2.33. The van der Waals surface area contributed by atoms with Gasteiger partial charge in [0.1, 0.15) is 6.61 Å². The fraction of sp³-hybridized carbons (Fsp3) is 0.409. The molecule has 8 heteroatoms. The third kappa shape index (κ3) is 4.38. The van der Waals surface area contributed by atoms with Gasteiger partial charge < -0.3 is 10.1 Å². The van der Waals surface area contributed by atoms with Crippen molar-refractivity contribution < 1.29 is 14.5 Å². The van der Waals surface area contributed by atoms with Crippen molar-refractivity contribution in [2.24, 2.45) is 0 Å². The Labute approximate surface area is 175 Å². The first-order valence-electron chi connectivity index (χ1n) is 10.3. The summed E-state index contributed by atoms with van der Waals surface area (Å²) in [6.07, 6.45) is 1.46. The number of piperidine rings is 1. The van der Waals surface area contributed by atoms with E-state index in [0.29, 0.717) is 12.2 Å². The Morgan fingerprint density at radius 1 is 1.17 bits per heavy atom. The molecule has 8 nitrogen and oxygen atoms in total. The summed E-state index contributed by atoms with van der Waals surface area (Å²) in [6.45, 7) is 5.72. The number of nitro benzene ring substituents is 1. The fourth-order valence-corrected chi connectivity index (χ4v) is 4.07. The molecule has 1 amide bonds. The van der Waals surface area contributed by atoms with E-state index in [4.69, 9.17) is 4.74 Å². The Balaban J connectivity index is 1.43. The molecule has 2 aliphatic heterocycles. The molecule has 0 spiro atoms. The van der Waals surface area contributed by atoms with Gasteiger partial charge in [-0.15, -0.1) is 0 Å². The van der Waals surface area contributed by atoms with E-state index in [0.717, 1.165) is 38.2 Å². The van der Waals surface area contributed by atoms with Crippen LogP contribution in [0.2, 0.25) is 0 Å². The van der Waals surface area contributed by atoms with Gasteiger partial charge in [0.15, 0.2) is 0 Å². The molecule has 4 rings (SSSR count). The molecule has 0 radical (unpaired) electrons. The van der Waals surface area contributed by atoms with Gasteiger partial charge in [-0.25, -0.2) is 4.79 Å². The molecule has 1 N–H and O–H groups in total. The van der Waals surface area contributed by atoms with Crippen molar-refractivity contribution in [1.82, 2.24) is 4.90 Å². The topological polar surface area (TPSA) is 87.9 Å². The highest BCUT2D eigenvalue weighted by atomic mass is 16.6. The van der Waals surface area contributed by atoms with Gasteiger partial charge in [0, 0.05) is 37.8 Å². The number of cyclic esters (lactones) is 1. The average molecular weight is 410 g/mol. The number of amides is 1. The number of nitrogens with zero attached hydrogens (tertiary/aromatic N) is 3. The number of rotatable bonds is 6. The van der Waals surface area contributed by atoms with Gasteiger partial charge >= 0.3 is 6.09 Å². The smallest absolute Gasteiger partial charge is 0.414 e. The molecule has 0 aliphatic carbocycles. The SMILES string of the molecule is Cc1ccccc1CN1CCC(Nc2ccc([N+](=O)[O-])cc2N2CCOC2=O)CC1. The minimum Gasteiger partial charge on any atom is -0.447 e. The van der Waals surface area contributed by atoms with Gasteiger partial charge in [-0.05, 0) is 37.0 Å². The zero-order chi connectivity index (χ0) is 21.1. The van der Waals surface area contributed by atoms with Crippen LogP contribution in [-0.4, -0.2) is 48.2 Å². The Morgan fingerprint density at radius 2 is 1.93 bits per heavy atom. The summed E-state index contributed by atoms with van der Waals surface area (Å²) >= 11 is 0. The van der Waals surface area contributed by atoms with E-state index in [1.54, 1.807) is 6.07 Å². The van der Waals surface area contributed by atoms with Crippen LogP contribution in [0.4, 0.5) is 21.9 Å². The van der Waals surface area contributed by atoms with Crippen molar-refractivity contribution in [2.45, 2.75) is 32.4 Å². The van der Waals surface area contributed by atoms with E-state index in [1.807, 2.05) is 0 Å². The zero-order valence-electron chi connectivity index (χ0n) is 17.0. The Bertz CT molecular complexity index is 940. The maximum Gasteiger partial charge on any atom is 0.414 e. The van der Waals surface area contributed by atoms with Crippen molar-refractivity contribution in [1.29, 1.82) is 0 Å². The first-order chi connectivity index (χ1) is 14.5. The number of aryl methyl sites for hydroxylation is 1. The molecular formula is C22H26N4O4. The average Bonchev–Trinajstić information content (AvgIpc) is 3.17. The predicted octanol–water partition coefficient (Wildman–Crippen LogP) is 3.94. The van der Waals surface area contributed by atoms with E-state index in [-0.39, 0.29) is 18.3 Å². The van der Waals surface area contributed by atoms with Crippen LogP contribution in [0.15, 0.2) is 42.5 Å². The lowest BCUT2D eigenvalue weighted by molar-refractivity contribution is -0.384. The third-order valence-corrected chi connectivity index (χ3v) is 5.85.